The molecule has 3 heterocycles. The monoisotopic (exact) mass is 485 g/mol. The molecule has 2 atom stereocenters. The van der Waals surface area contributed by atoms with Gasteiger partial charge in [-0.2, -0.15) is 0 Å². The number of rotatable bonds is 3. The van der Waals surface area contributed by atoms with Gasteiger partial charge in [-0.25, -0.2) is 0 Å². The van der Waals surface area contributed by atoms with Crippen LogP contribution >= 0.6 is 24.0 Å². The molecule has 4 rings (SSSR count). The molecule has 27 heavy (non-hydrogen) atoms. The van der Waals surface area contributed by atoms with Crippen LogP contribution in [-0.2, 0) is 15.6 Å². The van der Waals surface area contributed by atoms with Gasteiger partial charge in [0.1, 0.15) is 0 Å². The summed E-state index contributed by atoms with van der Waals surface area (Å²) in [5.41, 5.74) is 1.20. The van der Waals surface area contributed by atoms with Crippen LogP contribution < -0.4 is 9.36 Å². The number of nitrogens with zero attached hydrogens (tertiary/aromatic N) is 3. The van der Waals surface area contributed by atoms with Gasteiger partial charge >= 0.3 is 178 Å². The van der Waals surface area contributed by atoms with E-state index in [9.17, 15) is 9.00 Å². The Labute approximate surface area is 177 Å². The molecule has 5 nitrogen and oxygen atoms in total. The van der Waals surface area contributed by atoms with E-state index in [0.717, 1.165) is 4.91 Å². The van der Waals surface area contributed by atoms with Gasteiger partial charge in [-0.15, -0.1) is 0 Å². The first-order valence-corrected chi connectivity index (χ1v) is 12.9. The number of carbonyl (C=O) groups excluding carboxylic acids is 1. The summed E-state index contributed by atoms with van der Waals surface area (Å²) in [7, 11) is 0.700. The van der Waals surface area contributed by atoms with E-state index in [1.807, 2.05) is 31.0 Å². The van der Waals surface area contributed by atoms with E-state index in [1.54, 1.807) is 4.90 Å². The molecule has 9 heteroatoms. The Kier molecular flexibility index (Phi) is 5.24. The standard InChI is InChI=1S/C18H19N3O2S3Se/c1-4-20-10-12(17-19(3)11-8-6-7-9-13(11)27-17)26(23)16(20)14-15(22)21(5-2)18(24)25-14/h6-10,17H,4-5H2,1-3H3. The van der Waals surface area contributed by atoms with Gasteiger partial charge in [-0.05, 0) is 0 Å². The second-order valence-electron chi connectivity index (χ2n) is 6.19. The van der Waals surface area contributed by atoms with Crippen LogP contribution in [0.15, 0.2) is 45.3 Å². The van der Waals surface area contributed by atoms with Crippen LogP contribution in [0.4, 0.5) is 5.69 Å². The Morgan fingerprint density at radius 1 is 1.26 bits per heavy atom. The van der Waals surface area contributed by atoms with Crippen molar-refractivity contribution in [1.82, 2.24) is 9.80 Å². The summed E-state index contributed by atoms with van der Waals surface area (Å²) < 4.78 is 15.4. The van der Waals surface area contributed by atoms with Crippen LogP contribution in [0.5, 0.6) is 0 Å². The van der Waals surface area contributed by atoms with Crippen molar-refractivity contribution < 1.29 is 9.00 Å². The maximum absolute atomic E-state index is 13.5. The number of anilines is 1. The topological polar surface area (TPSA) is 43.9 Å². The number of thioether (sulfide) groups is 1. The molecule has 1 aromatic rings. The third kappa shape index (κ3) is 3.00. The summed E-state index contributed by atoms with van der Waals surface area (Å²) in [6.07, 6.45) is 1.98. The number of benzene rings is 1. The molecular formula is C18H19N3O2S3Se. The Hall–Kier alpha value is -1.12. The molecule has 3 aliphatic heterocycles. The van der Waals surface area contributed by atoms with Crippen molar-refractivity contribution in [3.63, 3.8) is 0 Å². The summed E-state index contributed by atoms with van der Waals surface area (Å²) in [5, 5.41) is 0.598. The molecule has 0 aromatic heterocycles. The number of hydrogen-bond donors (Lipinski definition) is 0. The van der Waals surface area contributed by atoms with Gasteiger partial charge in [0.05, 0.1) is 0 Å². The zero-order valence-electron chi connectivity index (χ0n) is 15.2. The molecule has 3 aliphatic rings. The maximum atomic E-state index is 13.5. The molecule has 1 aromatic carbocycles. The molecule has 0 saturated carbocycles. The first-order valence-electron chi connectivity index (χ1n) is 8.64. The number of likely N-dealkylation sites (N-methyl/N-ethyl adjacent to an activating group) is 2. The summed E-state index contributed by atoms with van der Waals surface area (Å²) in [5.74, 6) is -0.127. The first-order chi connectivity index (χ1) is 13.0. The van der Waals surface area contributed by atoms with Crippen molar-refractivity contribution in [3.8, 4) is 0 Å². The molecule has 0 radical (unpaired) electrons. The van der Waals surface area contributed by atoms with Gasteiger partial charge in [0.2, 0.25) is 0 Å². The van der Waals surface area contributed by atoms with Crippen molar-refractivity contribution in [2.24, 2.45) is 0 Å². The fraction of sp³-hybridized carbons (Fsp3) is 0.333. The van der Waals surface area contributed by atoms with E-state index < -0.39 is 10.8 Å². The van der Waals surface area contributed by atoms with Gasteiger partial charge < -0.3 is 0 Å². The number of fused-ring (bicyclic) bond motifs is 1. The van der Waals surface area contributed by atoms with Gasteiger partial charge in [0.15, 0.2) is 0 Å². The zero-order chi connectivity index (χ0) is 19.3. The molecule has 0 aliphatic carbocycles. The number of para-hydroxylation sites is 1. The molecule has 1 fully saturated rings. The molecule has 0 bridgehead atoms. The van der Waals surface area contributed by atoms with E-state index in [4.69, 9.17) is 12.2 Å². The zero-order valence-corrected chi connectivity index (χ0v) is 19.3. The third-order valence-electron chi connectivity index (χ3n) is 4.71. The molecule has 1 saturated heterocycles. The number of amides is 1. The Morgan fingerprint density at radius 2 is 2.00 bits per heavy atom. The summed E-state index contributed by atoms with van der Waals surface area (Å²) in [6, 6.07) is 8.35. The molecule has 0 spiro atoms. The molecule has 142 valence electrons. The minimum atomic E-state index is -1.36. The van der Waals surface area contributed by atoms with Crippen molar-refractivity contribution in [2.45, 2.75) is 18.8 Å². The Morgan fingerprint density at radius 3 is 2.63 bits per heavy atom. The minimum absolute atomic E-state index is 0.0959. The predicted molar refractivity (Wildman–Crippen MR) is 117 cm³/mol. The quantitative estimate of drug-likeness (QED) is 0.370. The second kappa shape index (κ2) is 7.37. The van der Waals surface area contributed by atoms with Crippen LogP contribution in [0, 0.1) is 0 Å². The number of thiocarbonyl (C=S) groups is 1. The summed E-state index contributed by atoms with van der Waals surface area (Å²) >= 11 is 6.78. The summed E-state index contributed by atoms with van der Waals surface area (Å²) in [4.78, 5) is 20.0. The van der Waals surface area contributed by atoms with Crippen molar-refractivity contribution in [1.29, 1.82) is 0 Å². The van der Waals surface area contributed by atoms with E-state index in [1.165, 1.54) is 21.9 Å². The number of carbonyl (C=O) groups is 1. The van der Waals surface area contributed by atoms with Crippen LogP contribution in [0.1, 0.15) is 13.8 Å². The van der Waals surface area contributed by atoms with E-state index in [2.05, 4.69) is 30.1 Å². The number of hydrogen-bond acceptors (Lipinski definition) is 6. The van der Waals surface area contributed by atoms with Gasteiger partial charge in [0.25, 0.3) is 0 Å². The fourth-order valence-corrected chi connectivity index (χ4v) is 9.73. The predicted octanol–water partition coefficient (Wildman–Crippen LogP) is 1.77. The molecule has 0 N–H and O–H groups in total. The van der Waals surface area contributed by atoms with Gasteiger partial charge in [0, 0.05) is 0 Å². The summed E-state index contributed by atoms with van der Waals surface area (Å²) in [6.45, 7) is 5.11. The van der Waals surface area contributed by atoms with Crippen LogP contribution in [0.25, 0.3) is 0 Å². The average molecular weight is 485 g/mol. The first kappa shape index (κ1) is 19.2. The Balaban J connectivity index is 1.71. The van der Waals surface area contributed by atoms with Crippen molar-refractivity contribution in [2.75, 3.05) is 25.0 Å². The normalized spacial score (nSPS) is 27.7. The Bertz CT molecular complexity index is 930. The molecule has 1 amide bonds. The van der Waals surface area contributed by atoms with Crippen LogP contribution in [-0.4, -0.2) is 64.3 Å². The molecule has 2 unspecified atom stereocenters. The van der Waals surface area contributed by atoms with Crippen molar-refractivity contribution in [3.05, 3.63) is 45.3 Å². The van der Waals surface area contributed by atoms with Crippen LogP contribution in [0.2, 0.25) is 0 Å². The van der Waals surface area contributed by atoms with Gasteiger partial charge in [-0.3, -0.25) is 0 Å². The van der Waals surface area contributed by atoms with E-state index in [0.29, 0.717) is 27.3 Å². The van der Waals surface area contributed by atoms with Crippen LogP contribution in [0.3, 0.4) is 0 Å². The van der Waals surface area contributed by atoms with E-state index in [-0.39, 0.29) is 25.8 Å². The van der Waals surface area contributed by atoms with Gasteiger partial charge in [-0.1, -0.05) is 0 Å². The van der Waals surface area contributed by atoms with E-state index >= 15 is 0 Å². The SMILES string of the molecule is CCN1C=C(C2[Se]c3ccccc3N2C)S(=O)C1=C1SC(=S)N(CC)C1=O. The van der Waals surface area contributed by atoms with Crippen molar-refractivity contribution >= 4 is 70.1 Å². The molecular weight excluding hydrogens is 465 g/mol. The average Bonchev–Trinajstić information content (AvgIpc) is 3.26. The third-order valence-corrected chi connectivity index (χ3v) is 11.1. The fourth-order valence-electron chi connectivity index (χ4n) is 3.31. The second-order valence-corrected chi connectivity index (χ2v) is 11.6.